The Labute approximate surface area is 192 Å². The number of halogens is 2. The molecule has 4 aromatic rings. The lowest BCUT2D eigenvalue weighted by atomic mass is 10.2. The minimum atomic E-state index is -1.05. The summed E-state index contributed by atoms with van der Waals surface area (Å²) >= 11 is 0. The topological polar surface area (TPSA) is 111 Å². The molecule has 10 heteroatoms. The van der Waals surface area contributed by atoms with E-state index >= 15 is 0 Å². The number of anilines is 1. The van der Waals surface area contributed by atoms with Gasteiger partial charge in [0.2, 0.25) is 11.6 Å². The van der Waals surface area contributed by atoms with Crippen LogP contribution < -0.4 is 15.8 Å². The van der Waals surface area contributed by atoms with Gasteiger partial charge in [-0.25, -0.2) is 13.8 Å². The molecule has 0 aliphatic carbocycles. The van der Waals surface area contributed by atoms with Crippen LogP contribution in [0.2, 0.25) is 0 Å². The summed E-state index contributed by atoms with van der Waals surface area (Å²) in [7, 11) is 3.93. The van der Waals surface area contributed by atoms with Crippen molar-refractivity contribution in [1.82, 2.24) is 9.88 Å². The molecule has 2 aromatic heterocycles. The van der Waals surface area contributed by atoms with E-state index in [0.29, 0.717) is 11.8 Å². The summed E-state index contributed by atoms with van der Waals surface area (Å²) in [5.41, 5.74) is 5.81. The van der Waals surface area contributed by atoms with E-state index in [-0.39, 0.29) is 22.5 Å². The third-order valence-corrected chi connectivity index (χ3v) is 4.79. The predicted octanol–water partition coefficient (Wildman–Crippen LogP) is 4.31. The van der Waals surface area contributed by atoms with Crippen molar-refractivity contribution in [3.63, 3.8) is 0 Å². The van der Waals surface area contributed by atoms with Gasteiger partial charge in [0.1, 0.15) is 17.3 Å². The molecule has 4 rings (SSSR count). The molecule has 34 heavy (non-hydrogen) atoms. The lowest BCUT2D eigenvalue weighted by Gasteiger charge is -2.11. The third kappa shape index (κ3) is 4.86. The number of furan rings is 1. The molecule has 2 amide bonds. The number of benzene rings is 2. The number of nitrogens with two attached hydrogens (primary N) is 1. The second-order valence-electron chi connectivity index (χ2n) is 7.76. The normalized spacial score (nSPS) is 11.1. The summed E-state index contributed by atoms with van der Waals surface area (Å²) in [6, 6.07) is 12.0. The van der Waals surface area contributed by atoms with E-state index in [0.717, 1.165) is 18.2 Å². The van der Waals surface area contributed by atoms with Crippen LogP contribution in [0.3, 0.4) is 0 Å². The lowest BCUT2D eigenvalue weighted by molar-refractivity contribution is 0.0977. The minimum absolute atomic E-state index is 0.107. The number of hydrogen-bond acceptors (Lipinski definition) is 6. The largest absolute Gasteiger partial charge is 0.446 e. The van der Waals surface area contributed by atoms with Gasteiger partial charge in [0.15, 0.2) is 11.4 Å². The van der Waals surface area contributed by atoms with Crippen LogP contribution in [0.4, 0.5) is 14.5 Å². The zero-order chi connectivity index (χ0) is 24.4. The van der Waals surface area contributed by atoms with Crippen LogP contribution >= 0.6 is 0 Å². The fourth-order valence-corrected chi connectivity index (χ4v) is 3.38. The number of carbonyl (C=O) groups is 2. The van der Waals surface area contributed by atoms with E-state index in [1.807, 2.05) is 37.2 Å². The van der Waals surface area contributed by atoms with Crippen molar-refractivity contribution < 1.29 is 27.5 Å². The Balaban J connectivity index is 1.55. The molecule has 0 saturated carbocycles. The van der Waals surface area contributed by atoms with Gasteiger partial charge >= 0.3 is 0 Å². The molecule has 0 bridgehead atoms. The highest BCUT2D eigenvalue weighted by Gasteiger charge is 2.24. The smallest absolute Gasteiger partial charge is 0.286 e. The average Bonchev–Trinajstić information content (AvgIpc) is 3.13. The van der Waals surface area contributed by atoms with Crippen LogP contribution in [0.5, 0.6) is 11.6 Å². The first-order chi connectivity index (χ1) is 16.2. The Kier molecular flexibility index (Phi) is 6.24. The Bertz CT molecular complexity index is 1380. The molecular weight excluding hydrogens is 446 g/mol. The van der Waals surface area contributed by atoms with Crippen molar-refractivity contribution in [2.24, 2.45) is 5.73 Å². The quantitative estimate of drug-likeness (QED) is 0.420. The Morgan fingerprint density at radius 1 is 1.15 bits per heavy atom. The van der Waals surface area contributed by atoms with E-state index in [9.17, 15) is 18.4 Å². The Morgan fingerprint density at radius 2 is 1.94 bits per heavy atom. The number of ether oxygens (including phenoxy) is 1. The van der Waals surface area contributed by atoms with Gasteiger partial charge in [0.25, 0.3) is 11.8 Å². The number of hydrogen-bond donors (Lipinski definition) is 2. The summed E-state index contributed by atoms with van der Waals surface area (Å²) in [5.74, 6) is -3.34. The van der Waals surface area contributed by atoms with Gasteiger partial charge in [-0.1, -0.05) is 12.1 Å². The molecule has 2 aromatic carbocycles. The Morgan fingerprint density at radius 3 is 2.62 bits per heavy atom. The number of primary amides is 1. The fourth-order valence-electron chi connectivity index (χ4n) is 3.38. The van der Waals surface area contributed by atoms with Crippen LogP contribution in [-0.4, -0.2) is 35.8 Å². The Hall–Kier alpha value is -4.31. The van der Waals surface area contributed by atoms with E-state index in [1.54, 1.807) is 6.07 Å². The van der Waals surface area contributed by atoms with Crippen molar-refractivity contribution in [2.75, 3.05) is 19.4 Å². The van der Waals surface area contributed by atoms with Crippen molar-refractivity contribution in [2.45, 2.75) is 6.54 Å². The number of pyridine rings is 1. The summed E-state index contributed by atoms with van der Waals surface area (Å²) in [6.45, 7) is 0.744. The number of amides is 2. The van der Waals surface area contributed by atoms with Gasteiger partial charge in [-0.3, -0.25) is 9.59 Å². The van der Waals surface area contributed by atoms with Crippen molar-refractivity contribution in [3.05, 3.63) is 83.2 Å². The molecule has 0 fully saturated rings. The number of carbonyl (C=O) groups excluding carboxylic acids is 2. The van der Waals surface area contributed by atoms with Gasteiger partial charge in [-0.2, -0.15) is 0 Å². The number of fused-ring (bicyclic) bond motifs is 1. The molecule has 3 N–H and O–H groups in total. The van der Waals surface area contributed by atoms with E-state index in [2.05, 4.69) is 10.3 Å². The maximum atomic E-state index is 14.0. The monoisotopic (exact) mass is 466 g/mol. The second-order valence-corrected chi connectivity index (χ2v) is 7.76. The first-order valence-corrected chi connectivity index (χ1v) is 10.1. The molecule has 0 spiro atoms. The summed E-state index contributed by atoms with van der Waals surface area (Å²) in [6.07, 6.45) is 1.27. The van der Waals surface area contributed by atoms with E-state index in [1.165, 1.54) is 18.3 Å². The predicted molar refractivity (Wildman–Crippen MR) is 121 cm³/mol. The summed E-state index contributed by atoms with van der Waals surface area (Å²) in [4.78, 5) is 30.6. The van der Waals surface area contributed by atoms with E-state index in [4.69, 9.17) is 14.9 Å². The van der Waals surface area contributed by atoms with Gasteiger partial charge in [-0.05, 0) is 43.9 Å². The minimum Gasteiger partial charge on any atom is -0.446 e. The third-order valence-electron chi connectivity index (χ3n) is 4.79. The first kappa shape index (κ1) is 22.9. The maximum Gasteiger partial charge on any atom is 0.286 e. The fraction of sp³-hybridized carbons (Fsp3) is 0.125. The second kappa shape index (κ2) is 9.28. The highest BCUT2D eigenvalue weighted by Crippen LogP contribution is 2.33. The molecular formula is C24H20F2N4O4. The first-order valence-electron chi connectivity index (χ1n) is 10.1. The molecule has 0 aliphatic rings. The van der Waals surface area contributed by atoms with Gasteiger partial charge < -0.3 is 25.1 Å². The molecule has 0 unspecified atom stereocenters. The zero-order valence-corrected chi connectivity index (χ0v) is 18.3. The van der Waals surface area contributed by atoms with Crippen molar-refractivity contribution in [3.8, 4) is 11.6 Å². The SMILES string of the molecule is CN(C)Cc1cccc(Oc2ccc(C(=O)Nc3c(C(N)=O)oc4c(F)cc(F)cc34)cn2)c1. The molecule has 0 aliphatic heterocycles. The van der Waals surface area contributed by atoms with Crippen molar-refractivity contribution in [1.29, 1.82) is 0 Å². The van der Waals surface area contributed by atoms with Crippen LogP contribution in [0.15, 0.2) is 59.1 Å². The van der Waals surface area contributed by atoms with Crippen LogP contribution in [-0.2, 0) is 6.54 Å². The van der Waals surface area contributed by atoms with Gasteiger partial charge in [-0.15, -0.1) is 0 Å². The highest BCUT2D eigenvalue weighted by molar-refractivity contribution is 6.14. The summed E-state index contributed by atoms with van der Waals surface area (Å²) < 4.78 is 38.7. The van der Waals surface area contributed by atoms with E-state index < -0.39 is 34.8 Å². The van der Waals surface area contributed by atoms with Gasteiger partial charge in [0.05, 0.1) is 10.9 Å². The van der Waals surface area contributed by atoms with Crippen LogP contribution in [0.1, 0.15) is 26.5 Å². The van der Waals surface area contributed by atoms with Gasteiger partial charge in [0, 0.05) is 24.9 Å². The zero-order valence-electron chi connectivity index (χ0n) is 18.3. The lowest BCUT2D eigenvalue weighted by Crippen LogP contribution is -2.17. The molecule has 0 atom stereocenters. The van der Waals surface area contributed by atoms with Crippen LogP contribution in [0, 0.1) is 11.6 Å². The molecule has 0 radical (unpaired) electrons. The maximum absolute atomic E-state index is 14.0. The summed E-state index contributed by atoms with van der Waals surface area (Å²) in [5, 5.41) is 2.29. The molecule has 8 nitrogen and oxygen atoms in total. The van der Waals surface area contributed by atoms with Crippen LogP contribution in [0.25, 0.3) is 11.0 Å². The molecule has 2 heterocycles. The number of nitrogens with one attached hydrogen (secondary N) is 1. The molecule has 0 saturated heterocycles. The standard InChI is InChI=1S/C24H20F2N4O4/c1-30(2)12-13-4-3-5-16(8-13)33-19-7-6-14(11-28-19)24(32)29-20-17-9-15(25)10-18(26)21(17)34-22(20)23(27)31/h3-11H,12H2,1-2H3,(H2,27,31)(H,29,32). The number of aromatic nitrogens is 1. The molecule has 174 valence electrons. The average molecular weight is 466 g/mol. The highest BCUT2D eigenvalue weighted by atomic mass is 19.1. The van der Waals surface area contributed by atoms with Crippen molar-refractivity contribution >= 4 is 28.5 Å². The number of rotatable bonds is 7. The number of nitrogens with zero attached hydrogens (tertiary/aromatic N) is 2.